The molecule has 0 unspecified atom stereocenters. The molecule has 0 radical (unpaired) electrons. The number of aromatic nitrogens is 1. The first-order valence-electron chi connectivity index (χ1n) is 7.80. The lowest BCUT2D eigenvalue weighted by Crippen LogP contribution is -2.54. The van der Waals surface area contributed by atoms with Crippen LogP contribution in [0.5, 0.6) is 0 Å². The SMILES string of the molecule is Cc1ccc2[nH]c(C(=O)N3CCC(O)(C(F)(F)F)CC3)cc2c1C. The maximum Gasteiger partial charge on any atom is 0.417 e. The van der Waals surface area contributed by atoms with E-state index in [0.717, 1.165) is 22.0 Å². The summed E-state index contributed by atoms with van der Waals surface area (Å²) in [5.74, 6) is -0.340. The van der Waals surface area contributed by atoms with E-state index in [1.54, 1.807) is 6.07 Å². The van der Waals surface area contributed by atoms with Gasteiger partial charge in [-0.2, -0.15) is 13.2 Å². The molecule has 0 atom stereocenters. The van der Waals surface area contributed by atoms with Crippen molar-refractivity contribution in [2.75, 3.05) is 13.1 Å². The summed E-state index contributed by atoms with van der Waals surface area (Å²) in [6.07, 6.45) is -5.67. The molecule has 0 bridgehead atoms. The van der Waals surface area contributed by atoms with E-state index < -0.39 is 24.6 Å². The van der Waals surface area contributed by atoms with Crippen molar-refractivity contribution in [2.45, 2.75) is 38.5 Å². The molecular formula is C17H19F3N2O2. The molecule has 0 saturated carbocycles. The second-order valence-corrected chi connectivity index (χ2v) is 6.47. The Labute approximate surface area is 137 Å². The number of piperidine rings is 1. The molecule has 1 amide bonds. The average molecular weight is 340 g/mol. The number of likely N-dealkylation sites (tertiary alicyclic amines) is 1. The lowest BCUT2D eigenvalue weighted by molar-refractivity contribution is -0.271. The minimum atomic E-state index is -4.67. The number of hydrogen-bond acceptors (Lipinski definition) is 2. The van der Waals surface area contributed by atoms with Gasteiger partial charge in [-0.1, -0.05) is 6.07 Å². The highest BCUT2D eigenvalue weighted by atomic mass is 19.4. The topological polar surface area (TPSA) is 56.3 Å². The van der Waals surface area contributed by atoms with Gasteiger partial charge in [0.05, 0.1) is 0 Å². The maximum atomic E-state index is 12.8. The zero-order chi connectivity index (χ0) is 17.7. The third-order valence-electron chi connectivity index (χ3n) is 4.98. The molecule has 4 nitrogen and oxygen atoms in total. The number of nitrogens with one attached hydrogen (secondary N) is 1. The van der Waals surface area contributed by atoms with E-state index in [1.165, 1.54) is 4.90 Å². The van der Waals surface area contributed by atoms with Gasteiger partial charge in [-0.05, 0) is 37.1 Å². The molecule has 1 aromatic carbocycles. The first-order valence-corrected chi connectivity index (χ1v) is 7.80. The minimum absolute atomic E-state index is 0.123. The molecule has 3 rings (SSSR count). The van der Waals surface area contributed by atoms with Gasteiger partial charge in [-0.25, -0.2) is 0 Å². The Morgan fingerprint density at radius 3 is 2.46 bits per heavy atom. The van der Waals surface area contributed by atoms with Crippen LogP contribution in [0.2, 0.25) is 0 Å². The van der Waals surface area contributed by atoms with Crippen molar-refractivity contribution in [3.8, 4) is 0 Å². The molecular weight excluding hydrogens is 321 g/mol. The number of H-pyrrole nitrogens is 1. The summed E-state index contributed by atoms with van der Waals surface area (Å²) < 4.78 is 38.5. The van der Waals surface area contributed by atoms with Crippen molar-refractivity contribution in [1.82, 2.24) is 9.88 Å². The fourth-order valence-corrected chi connectivity index (χ4v) is 3.11. The molecule has 7 heteroatoms. The molecule has 1 aliphatic heterocycles. The van der Waals surface area contributed by atoms with Crippen molar-refractivity contribution in [2.24, 2.45) is 0 Å². The van der Waals surface area contributed by atoms with Gasteiger partial charge in [0.25, 0.3) is 5.91 Å². The van der Waals surface area contributed by atoms with Crippen molar-refractivity contribution < 1.29 is 23.1 Å². The second-order valence-electron chi connectivity index (χ2n) is 6.47. The molecule has 2 N–H and O–H groups in total. The van der Waals surface area contributed by atoms with E-state index in [1.807, 2.05) is 26.0 Å². The van der Waals surface area contributed by atoms with E-state index in [0.29, 0.717) is 5.69 Å². The van der Waals surface area contributed by atoms with Gasteiger partial charge in [0.2, 0.25) is 0 Å². The molecule has 1 fully saturated rings. The lowest BCUT2D eigenvalue weighted by atomic mass is 9.90. The normalized spacial score (nSPS) is 18.2. The highest BCUT2D eigenvalue weighted by Crippen LogP contribution is 2.38. The Morgan fingerprint density at radius 2 is 1.88 bits per heavy atom. The summed E-state index contributed by atoms with van der Waals surface area (Å²) in [4.78, 5) is 16.9. The summed E-state index contributed by atoms with van der Waals surface area (Å²) in [6.45, 7) is 3.69. The number of aromatic amines is 1. The van der Waals surface area contributed by atoms with E-state index in [-0.39, 0.29) is 19.0 Å². The van der Waals surface area contributed by atoms with Gasteiger partial charge in [-0.3, -0.25) is 4.79 Å². The van der Waals surface area contributed by atoms with Gasteiger partial charge in [0.1, 0.15) is 5.69 Å². The highest BCUT2D eigenvalue weighted by Gasteiger charge is 2.54. The zero-order valence-electron chi connectivity index (χ0n) is 13.5. The first-order chi connectivity index (χ1) is 11.1. The minimum Gasteiger partial charge on any atom is -0.380 e. The fraction of sp³-hybridized carbons (Fsp3) is 0.471. The predicted octanol–water partition coefficient (Wildman–Crippen LogP) is 3.31. The molecule has 2 aromatic rings. The Balaban J connectivity index is 1.80. The Kier molecular flexibility index (Phi) is 3.86. The van der Waals surface area contributed by atoms with Crippen LogP contribution in [0.4, 0.5) is 13.2 Å². The van der Waals surface area contributed by atoms with Crippen LogP contribution in [0.3, 0.4) is 0 Å². The van der Waals surface area contributed by atoms with Gasteiger partial charge in [-0.15, -0.1) is 0 Å². The van der Waals surface area contributed by atoms with Crippen molar-refractivity contribution in [3.05, 3.63) is 35.0 Å². The summed E-state index contributed by atoms with van der Waals surface area (Å²) in [6, 6.07) is 5.57. The first kappa shape index (κ1) is 16.8. The van der Waals surface area contributed by atoms with E-state index in [9.17, 15) is 23.1 Å². The molecule has 130 valence electrons. The van der Waals surface area contributed by atoms with Crippen LogP contribution >= 0.6 is 0 Å². The number of carbonyl (C=O) groups is 1. The van der Waals surface area contributed by atoms with Crippen LogP contribution in [0, 0.1) is 13.8 Å². The zero-order valence-corrected chi connectivity index (χ0v) is 13.5. The third kappa shape index (κ3) is 2.66. The Bertz CT molecular complexity index is 787. The molecule has 0 spiro atoms. The van der Waals surface area contributed by atoms with Crippen LogP contribution in [-0.2, 0) is 0 Å². The van der Waals surface area contributed by atoms with Crippen LogP contribution in [0.1, 0.15) is 34.5 Å². The van der Waals surface area contributed by atoms with Gasteiger partial charge in [0, 0.05) is 36.8 Å². The van der Waals surface area contributed by atoms with Crippen molar-refractivity contribution in [3.63, 3.8) is 0 Å². The number of aryl methyl sites for hydroxylation is 2. The monoisotopic (exact) mass is 340 g/mol. The largest absolute Gasteiger partial charge is 0.417 e. The number of halogens is 3. The third-order valence-corrected chi connectivity index (χ3v) is 4.98. The summed E-state index contributed by atoms with van der Waals surface area (Å²) in [5.41, 5.74) is 0.654. The smallest absolute Gasteiger partial charge is 0.380 e. The van der Waals surface area contributed by atoms with Crippen LogP contribution < -0.4 is 0 Å². The standard InChI is InChI=1S/C17H19F3N2O2/c1-10-3-4-13-12(11(10)2)9-14(21-13)15(23)22-7-5-16(24,6-8-22)17(18,19)20/h3-4,9,21,24H,5-8H2,1-2H3. The summed E-state index contributed by atoms with van der Waals surface area (Å²) in [5, 5.41) is 10.6. The molecule has 24 heavy (non-hydrogen) atoms. The van der Waals surface area contributed by atoms with Crippen LogP contribution in [0.25, 0.3) is 10.9 Å². The number of fused-ring (bicyclic) bond motifs is 1. The second kappa shape index (κ2) is 5.51. The summed E-state index contributed by atoms with van der Waals surface area (Å²) >= 11 is 0. The van der Waals surface area contributed by atoms with E-state index >= 15 is 0 Å². The number of aliphatic hydroxyl groups is 1. The number of nitrogens with zero attached hydrogens (tertiary/aromatic N) is 1. The fourth-order valence-electron chi connectivity index (χ4n) is 3.11. The van der Waals surface area contributed by atoms with Crippen LogP contribution in [-0.4, -0.2) is 45.8 Å². The van der Waals surface area contributed by atoms with Crippen molar-refractivity contribution >= 4 is 16.8 Å². The van der Waals surface area contributed by atoms with E-state index in [4.69, 9.17) is 0 Å². The maximum absolute atomic E-state index is 12.8. The molecule has 1 saturated heterocycles. The number of rotatable bonds is 1. The molecule has 1 aliphatic rings. The van der Waals surface area contributed by atoms with Gasteiger partial charge < -0.3 is 15.0 Å². The lowest BCUT2D eigenvalue weighted by Gasteiger charge is -2.38. The summed E-state index contributed by atoms with van der Waals surface area (Å²) in [7, 11) is 0. The number of benzene rings is 1. The predicted molar refractivity (Wildman–Crippen MR) is 83.9 cm³/mol. The number of hydrogen-bond donors (Lipinski definition) is 2. The van der Waals surface area contributed by atoms with Crippen molar-refractivity contribution in [1.29, 1.82) is 0 Å². The number of carbonyl (C=O) groups excluding carboxylic acids is 1. The average Bonchev–Trinajstić information content (AvgIpc) is 2.95. The number of alkyl halides is 3. The Hall–Kier alpha value is -2.02. The van der Waals surface area contributed by atoms with Crippen LogP contribution in [0.15, 0.2) is 18.2 Å². The van der Waals surface area contributed by atoms with E-state index in [2.05, 4.69) is 4.98 Å². The molecule has 0 aliphatic carbocycles. The molecule has 2 heterocycles. The van der Waals surface area contributed by atoms with Gasteiger partial charge >= 0.3 is 6.18 Å². The Morgan fingerprint density at radius 1 is 1.25 bits per heavy atom. The molecule has 1 aromatic heterocycles. The highest BCUT2D eigenvalue weighted by molar-refractivity contribution is 5.99. The quantitative estimate of drug-likeness (QED) is 0.837. The number of amides is 1. The van der Waals surface area contributed by atoms with Gasteiger partial charge in [0.15, 0.2) is 5.60 Å².